The van der Waals surface area contributed by atoms with Crippen molar-refractivity contribution >= 4 is 23.1 Å². The average molecular weight is 253 g/mol. The number of nitrogens with one attached hydrogen (secondary N) is 1. The van der Waals surface area contributed by atoms with Crippen molar-refractivity contribution in [3.05, 3.63) is 33.5 Å². The van der Waals surface area contributed by atoms with Crippen LogP contribution in [0.25, 0.3) is 0 Å². The molecule has 1 N–H and O–H groups in total. The second-order valence-corrected chi connectivity index (χ2v) is 6.68. The molecule has 2 heterocycles. The van der Waals surface area contributed by atoms with Crippen LogP contribution in [0.4, 0.5) is 0 Å². The second kappa shape index (κ2) is 5.39. The molecular formula is C13H19NS2. The van der Waals surface area contributed by atoms with Gasteiger partial charge in [-0.3, -0.25) is 0 Å². The maximum Gasteiger partial charge on any atom is 0.0449 e. The quantitative estimate of drug-likeness (QED) is 0.820. The lowest BCUT2D eigenvalue weighted by Gasteiger charge is -2.13. The third-order valence-electron chi connectivity index (χ3n) is 2.89. The average Bonchev–Trinajstić information content (AvgIpc) is 2.68. The minimum absolute atomic E-state index is 0.457. The third-order valence-corrected chi connectivity index (χ3v) is 5.25. The van der Waals surface area contributed by atoms with Crippen LogP contribution in [-0.4, -0.2) is 12.8 Å². The van der Waals surface area contributed by atoms with E-state index in [0.717, 1.165) is 6.42 Å². The van der Waals surface area contributed by atoms with Crippen LogP contribution in [0.1, 0.15) is 34.7 Å². The zero-order chi connectivity index (χ0) is 11.5. The fraction of sp³-hybridized carbons (Fsp3) is 0.538. The molecule has 3 heteroatoms. The van der Waals surface area contributed by atoms with Crippen LogP contribution in [0, 0.1) is 0 Å². The van der Waals surface area contributed by atoms with Crippen molar-refractivity contribution in [1.82, 2.24) is 5.32 Å². The molecule has 0 bridgehead atoms. The summed E-state index contributed by atoms with van der Waals surface area (Å²) in [5.74, 6) is 2.49. The number of thioether (sulfide) groups is 1. The Balaban J connectivity index is 2.18. The lowest BCUT2D eigenvalue weighted by atomic mass is 10.1. The predicted octanol–water partition coefficient (Wildman–Crippen LogP) is 3.76. The number of rotatable bonds is 4. The van der Waals surface area contributed by atoms with E-state index < -0.39 is 0 Å². The minimum Gasteiger partial charge on any atom is -0.312 e. The number of aryl methyl sites for hydroxylation is 1. The Kier molecular flexibility index (Phi) is 4.11. The fourth-order valence-electron chi connectivity index (χ4n) is 2.04. The van der Waals surface area contributed by atoms with E-state index in [-0.39, 0.29) is 0 Å². The van der Waals surface area contributed by atoms with Crippen LogP contribution < -0.4 is 5.32 Å². The summed E-state index contributed by atoms with van der Waals surface area (Å²) >= 11 is 4.05. The first-order valence-electron chi connectivity index (χ1n) is 5.71. The van der Waals surface area contributed by atoms with Gasteiger partial charge < -0.3 is 5.32 Å². The number of thiophene rings is 1. The van der Waals surface area contributed by atoms with E-state index in [0.29, 0.717) is 6.04 Å². The highest BCUT2D eigenvalue weighted by Crippen LogP contribution is 2.35. The first-order valence-corrected chi connectivity index (χ1v) is 7.68. The lowest BCUT2D eigenvalue weighted by molar-refractivity contribution is 0.599. The molecule has 0 saturated carbocycles. The SMILES string of the molecule is C=C(C)CC(NC)c1cc2c(s1)CCSC2. The molecule has 16 heavy (non-hydrogen) atoms. The van der Waals surface area contributed by atoms with Crippen LogP contribution in [-0.2, 0) is 12.2 Å². The first kappa shape index (κ1) is 12.2. The Morgan fingerprint density at radius 2 is 2.44 bits per heavy atom. The molecule has 0 fully saturated rings. The molecule has 2 rings (SSSR count). The summed E-state index contributed by atoms with van der Waals surface area (Å²) in [6.07, 6.45) is 2.30. The molecular weight excluding hydrogens is 234 g/mol. The zero-order valence-electron chi connectivity index (χ0n) is 10.0. The summed E-state index contributed by atoms with van der Waals surface area (Å²) in [6, 6.07) is 2.86. The van der Waals surface area contributed by atoms with Gasteiger partial charge in [0.2, 0.25) is 0 Å². The molecule has 1 aromatic heterocycles. The molecule has 88 valence electrons. The normalized spacial score (nSPS) is 16.9. The van der Waals surface area contributed by atoms with E-state index in [9.17, 15) is 0 Å². The van der Waals surface area contributed by atoms with Gasteiger partial charge in [0, 0.05) is 21.5 Å². The minimum atomic E-state index is 0.457. The molecule has 0 aliphatic carbocycles. The molecule has 1 unspecified atom stereocenters. The van der Waals surface area contributed by atoms with Crippen LogP contribution in [0.15, 0.2) is 18.2 Å². The summed E-state index contributed by atoms with van der Waals surface area (Å²) in [4.78, 5) is 3.09. The Hall–Kier alpha value is -0.250. The molecule has 1 nitrogen and oxygen atoms in total. The summed E-state index contributed by atoms with van der Waals surface area (Å²) < 4.78 is 0. The summed E-state index contributed by atoms with van der Waals surface area (Å²) in [6.45, 7) is 6.12. The van der Waals surface area contributed by atoms with Gasteiger partial charge in [-0.15, -0.1) is 17.9 Å². The van der Waals surface area contributed by atoms with E-state index in [1.54, 1.807) is 10.4 Å². The second-order valence-electron chi connectivity index (χ2n) is 4.40. The predicted molar refractivity (Wildman–Crippen MR) is 75.4 cm³/mol. The van der Waals surface area contributed by atoms with Crippen molar-refractivity contribution in [3.8, 4) is 0 Å². The molecule has 0 radical (unpaired) electrons. The highest BCUT2D eigenvalue weighted by molar-refractivity contribution is 7.98. The van der Waals surface area contributed by atoms with Crippen LogP contribution in [0.5, 0.6) is 0 Å². The molecule has 0 spiro atoms. The van der Waals surface area contributed by atoms with Gasteiger partial charge >= 0.3 is 0 Å². The van der Waals surface area contributed by atoms with Crippen molar-refractivity contribution in [2.45, 2.75) is 31.6 Å². The summed E-state index contributed by atoms with van der Waals surface area (Å²) in [5, 5.41) is 3.40. The van der Waals surface area contributed by atoms with Crippen LogP contribution >= 0.6 is 23.1 Å². The van der Waals surface area contributed by atoms with E-state index in [1.807, 2.05) is 18.4 Å². The maximum atomic E-state index is 4.01. The Labute approximate surface area is 106 Å². The molecule has 1 aliphatic rings. The zero-order valence-corrected chi connectivity index (χ0v) is 11.6. The van der Waals surface area contributed by atoms with E-state index >= 15 is 0 Å². The fourth-order valence-corrected chi connectivity index (χ4v) is 4.52. The number of fused-ring (bicyclic) bond motifs is 1. The smallest absolute Gasteiger partial charge is 0.0449 e. The number of hydrogen-bond acceptors (Lipinski definition) is 3. The largest absolute Gasteiger partial charge is 0.312 e. The highest BCUT2D eigenvalue weighted by Gasteiger charge is 2.18. The Morgan fingerprint density at radius 3 is 3.06 bits per heavy atom. The van der Waals surface area contributed by atoms with Gasteiger partial charge in [0.15, 0.2) is 0 Å². The van der Waals surface area contributed by atoms with Gasteiger partial charge in [-0.2, -0.15) is 11.8 Å². The molecule has 1 aromatic rings. The van der Waals surface area contributed by atoms with Gasteiger partial charge in [-0.1, -0.05) is 5.57 Å². The van der Waals surface area contributed by atoms with Crippen LogP contribution in [0.3, 0.4) is 0 Å². The Morgan fingerprint density at radius 1 is 1.62 bits per heavy atom. The van der Waals surface area contributed by atoms with E-state index in [4.69, 9.17) is 0 Å². The van der Waals surface area contributed by atoms with Crippen molar-refractivity contribution in [2.75, 3.05) is 12.8 Å². The third kappa shape index (κ3) is 2.70. The highest BCUT2D eigenvalue weighted by atomic mass is 32.2. The monoisotopic (exact) mass is 253 g/mol. The first-order chi connectivity index (χ1) is 7.70. The molecule has 0 amide bonds. The lowest BCUT2D eigenvalue weighted by Crippen LogP contribution is -2.15. The van der Waals surface area contributed by atoms with E-state index in [2.05, 4.69) is 36.6 Å². The van der Waals surface area contributed by atoms with E-state index in [1.165, 1.54) is 28.4 Å². The summed E-state index contributed by atoms with van der Waals surface area (Å²) in [5.41, 5.74) is 2.82. The van der Waals surface area contributed by atoms with Crippen molar-refractivity contribution < 1.29 is 0 Å². The number of hydrogen-bond donors (Lipinski definition) is 1. The molecule has 1 atom stereocenters. The van der Waals surface area contributed by atoms with Crippen molar-refractivity contribution in [2.24, 2.45) is 0 Å². The molecule has 0 saturated heterocycles. The standard InChI is InChI=1S/C13H19NS2/c1-9(2)6-11(14-3)13-7-10-8-15-5-4-12(10)16-13/h7,11,14H,1,4-6,8H2,2-3H3. The van der Waals surface area contributed by atoms with Gasteiger partial charge in [-0.05, 0) is 44.2 Å². The van der Waals surface area contributed by atoms with Gasteiger partial charge in [0.05, 0.1) is 0 Å². The summed E-state index contributed by atoms with van der Waals surface area (Å²) in [7, 11) is 2.04. The topological polar surface area (TPSA) is 12.0 Å². The van der Waals surface area contributed by atoms with Gasteiger partial charge in [-0.25, -0.2) is 0 Å². The maximum absolute atomic E-state index is 4.01. The van der Waals surface area contributed by atoms with Crippen molar-refractivity contribution in [1.29, 1.82) is 0 Å². The van der Waals surface area contributed by atoms with Gasteiger partial charge in [0.25, 0.3) is 0 Å². The van der Waals surface area contributed by atoms with Crippen LogP contribution in [0.2, 0.25) is 0 Å². The Bertz CT molecular complexity index is 358. The molecule has 0 aromatic carbocycles. The van der Waals surface area contributed by atoms with Crippen molar-refractivity contribution in [3.63, 3.8) is 0 Å². The van der Waals surface area contributed by atoms with Gasteiger partial charge in [0.1, 0.15) is 0 Å². The molecule has 1 aliphatic heterocycles.